The maximum Gasteiger partial charge on any atom is 0.270 e. The maximum absolute atomic E-state index is 11.9. The number of anilines is 1. The van der Waals surface area contributed by atoms with E-state index in [4.69, 9.17) is 0 Å². The second kappa shape index (κ2) is 5.99. The van der Waals surface area contributed by atoms with Crippen molar-refractivity contribution in [1.29, 1.82) is 0 Å². The largest absolute Gasteiger partial charge is 0.356 e. The average molecular weight is 262 g/mol. The Bertz CT molecular complexity index is 447. The summed E-state index contributed by atoms with van der Waals surface area (Å²) in [6.07, 6.45) is 3.92. The van der Waals surface area contributed by atoms with Gasteiger partial charge in [0.15, 0.2) is 0 Å². The van der Waals surface area contributed by atoms with E-state index in [-0.39, 0.29) is 11.9 Å². The highest BCUT2D eigenvalue weighted by Crippen LogP contribution is 2.21. The lowest BCUT2D eigenvalue weighted by atomic mass is 10.0. The molecule has 0 aromatic carbocycles. The Balaban J connectivity index is 2.12. The molecule has 1 aliphatic heterocycles. The number of nitrogens with one attached hydrogen (secondary N) is 1. The zero-order valence-electron chi connectivity index (χ0n) is 11.9. The van der Waals surface area contributed by atoms with Gasteiger partial charge in [0.05, 0.1) is 0 Å². The lowest BCUT2D eigenvalue weighted by molar-refractivity contribution is 0.0938. The van der Waals surface area contributed by atoms with E-state index in [1.807, 2.05) is 13.8 Å². The fraction of sp³-hybridized carbons (Fsp3) is 0.643. The van der Waals surface area contributed by atoms with Crippen LogP contribution in [0.2, 0.25) is 0 Å². The Morgan fingerprint density at radius 3 is 2.95 bits per heavy atom. The van der Waals surface area contributed by atoms with E-state index in [1.54, 1.807) is 6.07 Å². The Morgan fingerprint density at radius 1 is 1.47 bits per heavy atom. The molecule has 1 aliphatic rings. The molecule has 1 unspecified atom stereocenters. The van der Waals surface area contributed by atoms with Gasteiger partial charge in [-0.1, -0.05) is 6.92 Å². The van der Waals surface area contributed by atoms with Crippen molar-refractivity contribution in [3.63, 3.8) is 0 Å². The molecule has 1 atom stereocenters. The van der Waals surface area contributed by atoms with Crippen LogP contribution in [0.25, 0.3) is 0 Å². The molecule has 19 heavy (non-hydrogen) atoms. The average Bonchev–Trinajstić information content (AvgIpc) is 2.38. The number of amides is 1. The van der Waals surface area contributed by atoms with E-state index >= 15 is 0 Å². The molecule has 1 saturated heterocycles. The summed E-state index contributed by atoms with van der Waals surface area (Å²) in [5, 5.41) is 2.85. The zero-order valence-corrected chi connectivity index (χ0v) is 11.9. The van der Waals surface area contributed by atoms with Gasteiger partial charge in [-0.3, -0.25) is 4.79 Å². The molecule has 1 aromatic rings. The normalized spacial score (nSPS) is 19.6. The molecular formula is C14H22N4O. The van der Waals surface area contributed by atoms with Crippen molar-refractivity contribution in [2.45, 2.75) is 39.7 Å². The first-order chi connectivity index (χ1) is 9.06. The Kier molecular flexibility index (Phi) is 4.35. The van der Waals surface area contributed by atoms with Crippen LogP contribution in [-0.2, 0) is 0 Å². The van der Waals surface area contributed by atoms with E-state index in [9.17, 15) is 4.79 Å². The van der Waals surface area contributed by atoms with Gasteiger partial charge in [0.1, 0.15) is 17.8 Å². The van der Waals surface area contributed by atoms with E-state index in [2.05, 4.69) is 27.1 Å². The van der Waals surface area contributed by atoms with Gasteiger partial charge in [-0.05, 0) is 32.6 Å². The van der Waals surface area contributed by atoms with Crippen LogP contribution in [0.1, 0.15) is 44.1 Å². The minimum atomic E-state index is -0.135. The van der Waals surface area contributed by atoms with Gasteiger partial charge in [0, 0.05) is 25.2 Å². The monoisotopic (exact) mass is 262 g/mol. The SMILES string of the molecule is CC1CCCN(c2cc(C(=O)NC(C)C)ncn2)C1. The summed E-state index contributed by atoms with van der Waals surface area (Å²) >= 11 is 0. The number of piperidine rings is 1. The van der Waals surface area contributed by atoms with Crippen LogP contribution in [0.3, 0.4) is 0 Å². The van der Waals surface area contributed by atoms with Crippen molar-refractivity contribution < 1.29 is 4.79 Å². The maximum atomic E-state index is 11.9. The Morgan fingerprint density at radius 2 is 2.26 bits per heavy atom. The van der Waals surface area contributed by atoms with Gasteiger partial charge in [-0.2, -0.15) is 0 Å². The molecule has 0 bridgehead atoms. The molecule has 0 aliphatic carbocycles. The van der Waals surface area contributed by atoms with Crippen molar-refractivity contribution in [3.05, 3.63) is 18.1 Å². The summed E-state index contributed by atoms with van der Waals surface area (Å²) in [7, 11) is 0. The fourth-order valence-corrected chi connectivity index (χ4v) is 2.38. The van der Waals surface area contributed by atoms with Crippen LogP contribution in [0.15, 0.2) is 12.4 Å². The summed E-state index contributed by atoms with van der Waals surface area (Å²) in [5.74, 6) is 1.40. The van der Waals surface area contributed by atoms with E-state index in [0.717, 1.165) is 18.9 Å². The van der Waals surface area contributed by atoms with Crippen LogP contribution in [0.5, 0.6) is 0 Å². The molecule has 0 saturated carbocycles. The quantitative estimate of drug-likeness (QED) is 0.903. The highest BCUT2D eigenvalue weighted by atomic mass is 16.1. The van der Waals surface area contributed by atoms with Crippen molar-refractivity contribution in [1.82, 2.24) is 15.3 Å². The number of rotatable bonds is 3. The van der Waals surface area contributed by atoms with Crippen molar-refractivity contribution in [3.8, 4) is 0 Å². The second-order valence-electron chi connectivity index (χ2n) is 5.58. The standard InChI is InChI=1S/C14H22N4O/c1-10(2)17-14(19)12-7-13(16-9-15-12)18-6-4-5-11(3)8-18/h7,9-11H,4-6,8H2,1-3H3,(H,17,19). The van der Waals surface area contributed by atoms with Crippen molar-refractivity contribution in [2.24, 2.45) is 5.92 Å². The molecule has 5 nitrogen and oxygen atoms in total. The number of nitrogens with zero attached hydrogens (tertiary/aromatic N) is 3. The van der Waals surface area contributed by atoms with Crippen LogP contribution in [-0.4, -0.2) is 35.0 Å². The number of carbonyl (C=O) groups is 1. The minimum absolute atomic E-state index is 0.112. The zero-order chi connectivity index (χ0) is 13.8. The molecule has 1 amide bonds. The summed E-state index contributed by atoms with van der Waals surface area (Å²) in [5.41, 5.74) is 0.442. The first-order valence-electron chi connectivity index (χ1n) is 6.94. The number of hydrogen-bond donors (Lipinski definition) is 1. The van der Waals surface area contributed by atoms with Crippen LogP contribution in [0.4, 0.5) is 5.82 Å². The molecule has 104 valence electrons. The second-order valence-corrected chi connectivity index (χ2v) is 5.58. The summed E-state index contributed by atoms with van der Waals surface area (Å²) < 4.78 is 0. The first kappa shape index (κ1) is 13.8. The minimum Gasteiger partial charge on any atom is -0.356 e. The predicted molar refractivity (Wildman–Crippen MR) is 75.2 cm³/mol. The smallest absolute Gasteiger partial charge is 0.270 e. The molecule has 0 spiro atoms. The topological polar surface area (TPSA) is 58.1 Å². The highest BCUT2D eigenvalue weighted by molar-refractivity contribution is 5.93. The molecule has 2 rings (SSSR count). The lowest BCUT2D eigenvalue weighted by Crippen LogP contribution is -2.35. The van der Waals surface area contributed by atoms with E-state index in [0.29, 0.717) is 11.6 Å². The third-order valence-corrected chi connectivity index (χ3v) is 3.29. The van der Waals surface area contributed by atoms with Gasteiger partial charge in [0.2, 0.25) is 0 Å². The number of carbonyl (C=O) groups excluding carboxylic acids is 1. The Labute approximate surface area is 114 Å². The molecule has 1 aromatic heterocycles. The highest BCUT2D eigenvalue weighted by Gasteiger charge is 2.19. The molecule has 1 fully saturated rings. The Hall–Kier alpha value is -1.65. The van der Waals surface area contributed by atoms with Gasteiger partial charge in [0.25, 0.3) is 5.91 Å². The van der Waals surface area contributed by atoms with Crippen LogP contribution >= 0.6 is 0 Å². The van der Waals surface area contributed by atoms with Crippen LogP contribution in [0, 0.1) is 5.92 Å². The van der Waals surface area contributed by atoms with Crippen molar-refractivity contribution in [2.75, 3.05) is 18.0 Å². The molecule has 0 radical (unpaired) electrons. The van der Waals surface area contributed by atoms with Gasteiger partial charge < -0.3 is 10.2 Å². The number of hydrogen-bond acceptors (Lipinski definition) is 4. The van der Waals surface area contributed by atoms with Gasteiger partial charge >= 0.3 is 0 Å². The number of aromatic nitrogens is 2. The van der Waals surface area contributed by atoms with E-state index < -0.39 is 0 Å². The lowest BCUT2D eigenvalue weighted by Gasteiger charge is -2.31. The van der Waals surface area contributed by atoms with Gasteiger partial charge in [-0.15, -0.1) is 0 Å². The van der Waals surface area contributed by atoms with Gasteiger partial charge in [-0.25, -0.2) is 9.97 Å². The fourth-order valence-electron chi connectivity index (χ4n) is 2.38. The third-order valence-electron chi connectivity index (χ3n) is 3.29. The van der Waals surface area contributed by atoms with E-state index in [1.165, 1.54) is 19.2 Å². The molecule has 1 N–H and O–H groups in total. The predicted octanol–water partition coefficient (Wildman–Crippen LogP) is 1.85. The summed E-state index contributed by atoms with van der Waals surface area (Å²) in [4.78, 5) is 22.5. The van der Waals surface area contributed by atoms with Crippen LogP contribution < -0.4 is 10.2 Å². The third kappa shape index (κ3) is 3.66. The molecule has 5 heteroatoms. The molecule has 2 heterocycles. The van der Waals surface area contributed by atoms with Crippen molar-refractivity contribution >= 4 is 11.7 Å². The summed E-state index contributed by atoms with van der Waals surface area (Å²) in [6.45, 7) is 8.13. The summed E-state index contributed by atoms with van der Waals surface area (Å²) in [6, 6.07) is 1.90. The molecular weight excluding hydrogens is 240 g/mol. The first-order valence-corrected chi connectivity index (χ1v) is 6.94.